The Bertz CT molecular complexity index is 527. The van der Waals surface area contributed by atoms with Crippen molar-refractivity contribution < 1.29 is 9.47 Å². The highest BCUT2D eigenvalue weighted by Gasteiger charge is 2.19. The van der Waals surface area contributed by atoms with Gasteiger partial charge in [0.05, 0.1) is 26.4 Å². The summed E-state index contributed by atoms with van der Waals surface area (Å²) in [5, 5.41) is 10.2. The number of hydrogen-bond donors (Lipinski definition) is 4. The van der Waals surface area contributed by atoms with Gasteiger partial charge in [-0.15, -0.1) is 0 Å². The van der Waals surface area contributed by atoms with Crippen LogP contribution in [0.15, 0.2) is 0 Å². The first-order chi connectivity index (χ1) is 13.8. The predicted octanol–water partition coefficient (Wildman–Crippen LogP) is 1.98. The maximum Gasteiger partial charge on any atom is 0.229 e. The molecule has 0 atom stereocenters. The summed E-state index contributed by atoms with van der Waals surface area (Å²) in [5.41, 5.74) is 5.38. The Kier molecular flexibility index (Phi) is 8.99. The van der Waals surface area contributed by atoms with Crippen LogP contribution >= 0.6 is 0 Å². The number of nitrogens with one attached hydrogen (secondary N) is 3. The van der Waals surface area contributed by atoms with E-state index in [2.05, 4.69) is 30.9 Å². The number of nitrogens with two attached hydrogens (primary N) is 1. The number of hydrogen-bond acceptors (Lipinski definition) is 9. The Morgan fingerprint density at radius 2 is 1.21 bits per heavy atom. The molecule has 0 spiro atoms. The largest absolute Gasteiger partial charge is 0.378 e. The average molecular weight is 394 g/mol. The van der Waals surface area contributed by atoms with Gasteiger partial charge in [-0.05, 0) is 25.7 Å². The van der Waals surface area contributed by atoms with Crippen LogP contribution in [0.3, 0.4) is 0 Å². The van der Waals surface area contributed by atoms with Crippen LogP contribution in [0.1, 0.15) is 51.4 Å². The maximum atomic E-state index is 5.55. The van der Waals surface area contributed by atoms with E-state index in [0.29, 0.717) is 69.4 Å². The normalized spacial score (nSPS) is 17.9. The van der Waals surface area contributed by atoms with Crippen molar-refractivity contribution in [3.05, 3.63) is 0 Å². The van der Waals surface area contributed by atoms with Crippen LogP contribution < -0.4 is 21.7 Å². The molecule has 0 aromatic carbocycles. The molecule has 0 aliphatic heterocycles. The van der Waals surface area contributed by atoms with Gasteiger partial charge in [0.15, 0.2) is 0 Å². The second-order valence-electron chi connectivity index (χ2n) is 7.50. The van der Waals surface area contributed by atoms with Crippen LogP contribution in [0.5, 0.6) is 0 Å². The zero-order chi connectivity index (χ0) is 19.4. The molecular weight excluding hydrogens is 358 g/mol. The number of nitrogens with zero attached hydrogens (tertiary/aromatic N) is 3. The van der Waals surface area contributed by atoms with E-state index >= 15 is 0 Å². The highest BCUT2D eigenvalue weighted by molar-refractivity contribution is 5.43. The van der Waals surface area contributed by atoms with Crippen molar-refractivity contribution in [1.29, 1.82) is 0 Å². The lowest BCUT2D eigenvalue weighted by Crippen LogP contribution is -2.22. The van der Waals surface area contributed by atoms with Gasteiger partial charge in [-0.25, -0.2) is 0 Å². The number of ether oxygens (including phenoxy) is 2. The van der Waals surface area contributed by atoms with E-state index in [-0.39, 0.29) is 0 Å². The molecule has 3 rings (SSSR count). The van der Waals surface area contributed by atoms with Crippen LogP contribution in [0, 0.1) is 0 Å². The third kappa shape index (κ3) is 7.37. The highest BCUT2D eigenvalue weighted by atomic mass is 16.5. The minimum atomic E-state index is 0.464. The van der Waals surface area contributed by atoms with Crippen molar-refractivity contribution in [3.8, 4) is 0 Å². The van der Waals surface area contributed by atoms with Crippen LogP contribution in [0.2, 0.25) is 0 Å². The fraction of sp³-hybridized carbons (Fsp3) is 0.842. The fourth-order valence-electron chi connectivity index (χ4n) is 3.73. The van der Waals surface area contributed by atoms with Gasteiger partial charge in [0.2, 0.25) is 17.8 Å². The molecule has 0 bridgehead atoms. The zero-order valence-electron chi connectivity index (χ0n) is 16.8. The lowest BCUT2D eigenvalue weighted by atomic mass is 10.2. The van der Waals surface area contributed by atoms with Crippen LogP contribution in [0.25, 0.3) is 0 Å². The summed E-state index contributed by atoms with van der Waals surface area (Å²) in [7, 11) is 0. The second kappa shape index (κ2) is 12.0. The summed E-state index contributed by atoms with van der Waals surface area (Å²) in [6, 6.07) is 0.929. The Morgan fingerprint density at radius 1 is 0.714 bits per heavy atom. The van der Waals surface area contributed by atoms with Crippen molar-refractivity contribution in [2.75, 3.05) is 55.5 Å². The Balaban J connectivity index is 1.49. The minimum Gasteiger partial charge on any atom is -0.378 e. The SMILES string of the molecule is NCCOCCOCCNc1nc(NC2CCCC2)nc(NC2CCCC2)n1. The smallest absolute Gasteiger partial charge is 0.229 e. The van der Waals surface area contributed by atoms with Gasteiger partial charge in [0.25, 0.3) is 0 Å². The van der Waals surface area contributed by atoms with E-state index in [1.165, 1.54) is 51.4 Å². The zero-order valence-corrected chi connectivity index (χ0v) is 16.8. The van der Waals surface area contributed by atoms with Gasteiger partial charge in [-0.2, -0.15) is 15.0 Å². The molecule has 2 aliphatic carbocycles. The third-order valence-corrected chi connectivity index (χ3v) is 5.18. The van der Waals surface area contributed by atoms with Gasteiger partial charge in [-0.1, -0.05) is 25.7 Å². The molecule has 2 aliphatic rings. The molecule has 0 saturated heterocycles. The second-order valence-corrected chi connectivity index (χ2v) is 7.50. The highest BCUT2D eigenvalue weighted by Crippen LogP contribution is 2.23. The quantitative estimate of drug-likeness (QED) is 0.373. The molecule has 9 heteroatoms. The average Bonchev–Trinajstić information content (AvgIpc) is 3.38. The molecule has 0 amide bonds. The minimum absolute atomic E-state index is 0.464. The molecule has 158 valence electrons. The summed E-state index contributed by atoms with van der Waals surface area (Å²) < 4.78 is 10.8. The first kappa shape index (κ1) is 21.0. The van der Waals surface area contributed by atoms with Crippen LogP contribution in [-0.4, -0.2) is 66.6 Å². The summed E-state index contributed by atoms with van der Waals surface area (Å²) in [6.07, 6.45) is 9.81. The molecule has 2 saturated carbocycles. The molecule has 9 nitrogen and oxygen atoms in total. The lowest BCUT2D eigenvalue weighted by Gasteiger charge is -2.16. The Hall–Kier alpha value is -1.71. The number of aromatic nitrogens is 3. The molecule has 0 unspecified atom stereocenters. The van der Waals surface area contributed by atoms with Crippen molar-refractivity contribution in [2.24, 2.45) is 5.73 Å². The predicted molar refractivity (Wildman–Crippen MR) is 111 cm³/mol. The van der Waals surface area contributed by atoms with Crippen molar-refractivity contribution in [2.45, 2.75) is 63.5 Å². The van der Waals surface area contributed by atoms with Crippen molar-refractivity contribution in [1.82, 2.24) is 15.0 Å². The van der Waals surface area contributed by atoms with Crippen molar-refractivity contribution in [3.63, 3.8) is 0 Å². The van der Waals surface area contributed by atoms with E-state index in [1.54, 1.807) is 0 Å². The number of anilines is 3. The molecule has 28 heavy (non-hydrogen) atoms. The van der Waals surface area contributed by atoms with E-state index in [9.17, 15) is 0 Å². The van der Waals surface area contributed by atoms with E-state index in [1.807, 2.05) is 0 Å². The summed E-state index contributed by atoms with van der Waals surface area (Å²) >= 11 is 0. The van der Waals surface area contributed by atoms with Gasteiger partial charge >= 0.3 is 0 Å². The van der Waals surface area contributed by atoms with Gasteiger partial charge in [0.1, 0.15) is 0 Å². The van der Waals surface area contributed by atoms with Crippen LogP contribution in [-0.2, 0) is 9.47 Å². The van der Waals surface area contributed by atoms with E-state index in [4.69, 9.17) is 15.2 Å². The Morgan fingerprint density at radius 3 is 1.75 bits per heavy atom. The third-order valence-electron chi connectivity index (χ3n) is 5.18. The van der Waals surface area contributed by atoms with Crippen LogP contribution in [0.4, 0.5) is 17.8 Å². The van der Waals surface area contributed by atoms with E-state index in [0.717, 1.165) is 0 Å². The monoisotopic (exact) mass is 393 g/mol. The standard InChI is InChI=1S/C19H35N7O2/c20-9-11-27-13-14-28-12-10-21-17-24-18(22-15-5-1-2-6-15)26-19(25-17)23-16-7-3-4-8-16/h15-16H,1-14,20H2,(H3,21,22,23,24,25,26). The fourth-order valence-corrected chi connectivity index (χ4v) is 3.73. The first-order valence-corrected chi connectivity index (χ1v) is 10.7. The summed E-state index contributed by atoms with van der Waals surface area (Å²) in [6.45, 7) is 3.42. The molecule has 1 heterocycles. The molecule has 1 aromatic rings. The van der Waals surface area contributed by atoms with Gasteiger partial charge < -0.3 is 31.2 Å². The number of rotatable bonds is 13. The van der Waals surface area contributed by atoms with Crippen molar-refractivity contribution >= 4 is 17.8 Å². The Labute approximate surface area is 167 Å². The molecule has 5 N–H and O–H groups in total. The molecule has 0 radical (unpaired) electrons. The van der Waals surface area contributed by atoms with Gasteiger partial charge in [-0.3, -0.25) is 0 Å². The molecule has 1 aromatic heterocycles. The topological polar surface area (TPSA) is 119 Å². The summed E-state index contributed by atoms with van der Waals surface area (Å²) in [5.74, 6) is 1.89. The summed E-state index contributed by atoms with van der Waals surface area (Å²) in [4.78, 5) is 13.7. The molecule has 2 fully saturated rings. The maximum absolute atomic E-state index is 5.55. The molecular formula is C19H35N7O2. The lowest BCUT2D eigenvalue weighted by molar-refractivity contribution is 0.0547. The van der Waals surface area contributed by atoms with Gasteiger partial charge in [0, 0.05) is 25.2 Å². The first-order valence-electron chi connectivity index (χ1n) is 10.7. The van der Waals surface area contributed by atoms with E-state index < -0.39 is 0 Å².